The standard InChI is InChI=1S/C27H23N3O2S/c1-2-32-22-12-13-24-25(16-22)33-27(29-24)30(18-19-7-6-14-28-17-19)26(31)15-21-10-5-9-20-8-3-4-11-23(20)21/h3-14,16-17H,2,15,18H2,1H3. The number of hydrogen-bond acceptors (Lipinski definition) is 5. The fourth-order valence-electron chi connectivity index (χ4n) is 3.91. The van der Waals surface area contributed by atoms with Crippen LogP contribution in [0.1, 0.15) is 18.1 Å². The zero-order valence-corrected chi connectivity index (χ0v) is 19.1. The highest BCUT2D eigenvalue weighted by molar-refractivity contribution is 7.22. The average Bonchev–Trinajstić information content (AvgIpc) is 3.27. The summed E-state index contributed by atoms with van der Waals surface area (Å²) in [6, 6.07) is 24.0. The zero-order chi connectivity index (χ0) is 22.6. The van der Waals surface area contributed by atoms with Gasteiger partial charge in [-0.2, -0.15) is 0 Å². The third kappa shape index (κ3) is 4.56. The molecular formula is C27H23N3O2S. The second-order valence-corrected chi connectivity index (χ2v) is 8.72. The number of carbonyl (C=O) groups excluding carboxylic acids is 1. The molecule has 33 heavy (non-hydrogen) atoms. The summed E-state index contributed by atoms with van der Waals surface area (Å²) in [4.78, 5) is 24.4. The number of aromatic nitrogens is 2. The van der Waals surface area contributed by atoms with Crippen LogP contribution in [0.2, 0.25) is 0 Å². The summed E-state index contributed by atoms with van der Waals surface area (Å²) in [5.41, 5.74) is 2.82. The molecule has 0 fully saturated rings. The van der Waals surface area contributed by atoms with Gasteiger partial charge < -0.3 is 4.74 Å². The Labute approximate surface area is 196 Å². The van der Waals surface area contributed by atoms with Crippen molar-refractivity contribution >= 4 is 43.4 Å². The van der Waals surface area contributed by atoms with Crippen LogP contribution in [0, 0.1) is 0 Å². The van der Waals surface area contributed by atoms with Gasteiger partial charge in [0, 0.05) is 12.4 Å². The quantitative estimate of drug-likeness (QED) is 0.302. The molecule has 0 N–H and O–H groups in total. The number of thiazole rings is 1. The lowest BCUT2D eigenvalue weighted by Crippen LogP contribution is -2.31. The number of pyridine rings is 1. The second-order valence-electron chi connectivity index (χ2n) is 7.72. The van der Waals surface area contributed by atoms with Crippen LogP contribution >= 0.6 is 11.3 Å². The molecule has 2 aromatic heterocycles. The van der Waals surface area contributed by atoms with Gasteiger partial charge in [0.25, 0.3) is 0 Å². The molecule has 1 amide bonds. The Morgan fingerprint density at radius 1 is 1.03 bits per heavy atom. The van der Waals surface area contributed by atoms with Gasteiger partial charge in [-0.1, -0.05) is 59.9 Å². The summed E-state index contributed by atoms with van der Waals surface area (Å²) in [5.74, 6) is 0.806. The van der Waals surface area contributed by atoms with Crippen molar-refractivity contribution in [1.29, 1.82) is 0 Å². The molecule has 0 atom stereocenters. The molecule has 2 heterocycles. The van der Waals surface area contributed by atoms with Gasteiger partial charge in [0.05, 0.1) is 29.8 Å². The monoisotopic (exact) mass is 453 g/mol. The van der Waals surface area contributed by atoms with E-state index in [2.05, 4.69) is 23.2 Å². The van der Waals surface area contributed by atoms with Crippen molar-refractivity contribution in [2.45, 2.75) is 19.9 Å². The number of hydrogen-bond donors (Lipinski definition) is 0. The minimum atomic E-state index is -0.000654. The highest BCUT2D eigenvalue weighted by Crippen LogP contribution is 2.33. The Morgan fingerprint density at radius 3 is 2.76 bits per heavy atom. The molecule has 5 aromatic rings. The van der Waals surface area contributed by atoms with Crippen molar-refractivity contribution < 1.29 is 9.53 Å². The second kappa shape index (κ2) is 9.38. The molecule has 0 unspecified atom stereocenters. The third-order valence-electron chi connectivity index (χ3n) is 5.48. The molecule has 0 radical (unpaired) electrons. The van der Waals surface area contributed by atoms with Crippen LogP contribution in [-0.2, 0) is 17.8 Å². The summed E-state index contributed by atoms with van der Waals surface area (Å²) in [5, 5.41) is 2.90. The number of rotatable bonds is 7. The van der Waals surface area contributed by atoms with Crippen LogP contribution in [0.15, 0.2) is 85.2 Å². The maximum absolute atomic E-state index is 13.7. The lowest BCUT2D eigenvalue weighted by molar-refractivity contribution is -0.118. The first-order valence-corrected chi connectivity index (χ1v) is 11.7. The van der Waals surface area contributed by atoms with E-state index in [1.165, 1.54) is 11.3 Å². The van der Waals surface area contributed by atoms with Crippen molar-refractivity contribution in [3.63, 3.8) is 0 Å². The molecule has 0 aliphatic heterocycles. The van der Waals surface area contributed by atoms with Crippen LogP contribution in [0.5, 0.6) is 5.75 Å². The molecule has 164 valence electrons. The lowest BCUT2D eigenvalue weighted by Gasteiger charge is -2.20. The third-order valence-corrected chi connectivity index (χ3v) is 6.52. The van der Waals surface area contributed by atoms with Gasteiger partial charge in [0.15, 0.2) is 5.13 Å². The highest BCUT2D eigenvalue weighted by Gasteiger charge is 2.21. The van der Waals surface area contributed by atoms with E-state index in [9.17, 15) is 4.79 Å². The maximum Gasteiger partial charge on any atom is 0.233 e. The minimum Gasteiger partial charge on any atom is -0.494 e. The first-order valence-electron chi connectivity index (χ1n) is 10.9. The Hall–Kier alpha value is -3.77. The Kier molecular flexibility index (Phi) is 6.00. The molecule has 0 bridgehead atoms. The average molecular weight is 454 g/mol. The zero-order valence-electron chi connectivity index (χ0n) is 18.3. The number of fused-ring (bicyclic) bond motifs is 2. The van der Waals surface area contributed by atoms with E-state index < -0.39 is 0 Å². The molecule has 0 saturated carbocycles. The first-order chi connectivity index (χ1) is 16.2. The Morgan fingerprint density at radius 2 is 1.91 bits per heavy atom. The van der Waals surface area contributed by atoms with E-state index in [1.807, 2.05) is 61.5 Å². The molecule has 0 aliphatic rings. The molecule has 0 spiro atoms. The van der Waals surface area contributed by atoms with Crippen LogP contribution in [0.4, 0.5) is 5.13 Å². The van der Waals surface area contributed by atoms with Crippen molar-refractivity contribution in [3.8, 4) is 5.75 Å². The van der Waals surface area contributed by atoms with Gasteiger partial charge in [0.2, 0.25) is 5.91 Å². The van der Waals surface area contributed by atoms with E-state index in [1.54, 1.807) is 17.3 Å². The number of amides is 1. The Balaban J connectivity index is 1.51. The van der Waals surface area contributed by atoms with E-state index in [4.69, 9.17) is 9.72 Å². The Bertz CT molecular complexity index is 1410. The van der Waals surface area contributed by atoms with Gasteiger partial charge in [-0.3, -0.25) is 14.7 Å². The minimum absolute atomic E-state index is 0.000654. The molecule has 0 aliphatic carbocycles. The summed E-state index contributed by atoms with van der Waals surface area (Å²) in [6.07, 6.45) is 3.82. The van der Waals surface area contributed by atoms with Gasteiger partial charge >= 0.3 is 0 Å². The normalized spacial score (nSPS) is 11.1. The summed E-state index contributed by atoms with van der Waals surface area (Å²) >= 11 is 1.50. The van der Waals surface area contributed by atoms with Gasteiger partial charge in [-0.25, -0.2) is 4.98 Å². The number of ether oxygens (including phenoxy) is 1. The number of anilines is 1. The fourth-order valence-corrected chi connectivity index (χ4v) is 4.92. The van der Waals surface area contributed by atoms with Crippen molar-refractivity contribution in [2.24, 2.45) is 0 Å². The largest absolute Gasteiger partial charge is 0.494 e. The maximum atomic E-state index is 13.7. The van der Waals surface area contributed by atoms with Crippen LogP contribution in [0.3, 0.4) is 0 Å². The SMILES string of the molecule is CCOc1ccc2nc(N(Cc3cccnc3)C(=O)Cc3cccc4ccccc34)sc2c1. The van der Waals surface area contributed by atoms with E-state index in [-0.39, 0.29) is 5.91 Å². The predicted octanol–water partition coefficient (Wildman–Crippen LogP) is 6.02. The first kappa shape index (κ1) is 21.1. The molecule has 3 aromatic carbocycles. The molecule has 6 heteroatoms. The molecule has 5 rings (SSSR count). The van der Waals surface area contributed by atoms with Crippen LogP contribution < -0.4 is 9.64 Å². The number of carbonyl (C=O) groups is 1. The van der Waals surface area contributed by atoms with Gasteiger partial charge in [0.1, 0.15) is 5.75 Å². The topological polar surface area (TPSA) is 55.3 Å². The van der Waals surface area contributed by atoms with E-state index in [0.29, 0.717) is 24.7 Å². The van der Waals surface area contributed by atoms with E-state index in [0.717, 1.165) is 37.9 Å². The molecule has 0 saturated heterocycles. The van der Waals surface area contributed by atoms with E-state index >= 15 is 0 Å². The molecular weight excluding hydrogens is 430 g/mol. The number of nitrogens with zero attached hydrogens (tertiary/aromatic N) is 3. The summed E-state index contributed by atoms with van der Waals surface area (Å²) < 4.78 is 6.63. The van der Waals surface area contributed by atoms with Crippen LogP contribution in [-0.4, -0.2) is 22.5 Å². The summed E-state index contributed by atoms with van der Waals surface area (Å²) in [6.45, 7) is 2.98. The smallest absolute Gasteiger partial charge is 0.233 e. The summed E-state index contributed by atoms with van der Waals surface area (Å²) in [7, 11) is 0. The number of benzene rings is 3. The van der Waals surface area contributed by atoms with Gasteiger partial charge in [-0.05, 0) is 53.1 Å². The van der Waals surface area contributed by atoms with Crippen LogP contribution in [0.25, 0.3) is 21.0 Å². The van der Waals surface area contributed by atoms with Crippen molar-refractivity contribution in [2.75, 3.05) is 11.5 Å². The van der Waals surface area contributed by atoms with Crippen molar-refractivity contribution in [3.05, 3.63) is 96.3 Å². The predicted molar refractivity (Wildman–Crippen MR) is 134 cm³/mol. The fraction of sp³-hybridized carbons (Fsp3) is 0.148. The van der Waals surface area contributed by atoms with Gasteiger partial charge in [-0.15, -0.1) is 0 Å². The lowest BCUT2D eigenvalue weighted by atomic mass is 10.0. The highest BCUT2D eigenvalue weighted by atomic mass is 32.1. The van der Waals surface area contributed by atoms with Crippen molar-refractivity contribution in [1.82, 2.24) is 9.97 Å². The molecule has 5 nitrogen and oxygen atoms in total.